The molecule has 11 heteroatoms. The first kappa shape index (κ1) is 29.7. The lowest BCUT2D eigenvalue weighted by atomic mass is 9.95. The third-order valence-corrected chi connectivity index (χ3v) is 5.00. The highest BCUT2D eigenvalue weighted by Gasteiger charge is 2.43. The number of carbonyl (C=O) groups excluding carboxylic acids is 1. The molecule has 0 spiro atoms. The summed E-state index contributed by atoms with van der Waals surface area (Å²) in [5, 5.41) is 2.12. The van der Waals surface area contributed by atoms with Crippen LogP contribution in [0.2, 0.25) is 0 Å². The van der Waals surface area contributed by atoms with Crippen molar-refractivity contribution in [2.24, 2.45) is 0 Å². The maximum Gasteiger partial charge on any atom is 0.389 e. The van der Waals surface area contributed by atoms with Gasteiger partial charge in [-0.1, -0.05) is 48.0 Å². The van der Waals surface area contributed by atoms with Crippen molar-refractivity contribution in [1.82, 2.24) is 5.32 Å². The number of hydrogen-bond donors (Lipinski definition) is 1. The summed E-state index contributed by atoms with van der Waals surface area (Å²) < 4.78 is 117. The fourth-order valence-corrected chi connectivity index (χ4v) is 3.13. The Morgan fingerprint density at radius 3 is 1.89 bits per heavy atom. The summed E-state index contributed by atoms with van der Waals surface area (Å²) in [4.78, 5) is 11.9. The van der Waals surface area contributed by atoms with Crippen molar-refractivity contribution in [3.8, 4) is 0 Å². The molecule has 3 aromatic rings. The second kappa shape index (κ2) is 12.6. The Labute approximate surface area is 207 Å². The predicted molar refractivity (Wildman–Crippen MR) is 119 cm³/mol. The first-order chi connectivity index (χ1) is 17.2. The number of carbonyl (C=O) groups is 1. The van der Waals surface area contributed by atoms with Gasteiger partial charge in [-0.3, -0.25) is 4.79 Å². The summed E-state index contributed by atoms with van der Waals surface area (Å²) in [5.41, 5.74) is -0.488. The average molecular weight is 535 g/mol. The van der Waals surface area contributed by atoms with Gasteiger partial charge >= 0.3 is 18.5 Å². The van der Waals surface area contributed by atoms with Crippen LogP contribution in [-0.4, -0.2) is 18.5 Å². The second-order valence-electron chi connectivity index (χ2n) is 8.02. The van der Waals surface area contributed by atoms with Crippen molar-refractivity contribution >= 4 is 5.91 Å². The van der Waals surface area contributed by atoms with Gasteiger partial charge in [0.2, 0.25) is 5.91 Å². The molecular weight excluding hydrogens is 513 g/mol. The maximum atomic E-state index is 13.9. The Kier molecular flexibility index (Phi) is 10.2. The molecule has 37 heavy (non-hydrogen) atoms. The molecule has 0 radical (unpaired) electrons. The number of rotatable bonds is 7. The van der Waals surface area contributed by atoms with Gasteiger partial charge in [0.15, 0.2) is 0 Å². The topological polar surface area (TPSA) is 29.1 Å². The highest BCUT2D eigenvalue weighted by Crippen LogP contribution is 2.37. The first-order valence-corrected chi connectivity index (χ1v) is 10.8. The van der Waals surface area contributed by atoms with E-state index in [-0.39, 0.29) is 11.6 Å². The summed E-state index contributed by atoms with van der Waals surface area (Å²) in [6.07, 6.45) is -11.3. The Balaban J connectivity index is 0.000000591. The summed E-state index contributed by atoms with van der Waals surface area (Å²) in [6.45, 7) is 2.08. The lowest BCUT2D eigenvalue weighted by molar-refractivity contribution is -0.144. The molecular formula is C26H22F9NO. The van der Waals surface area contributed by atoms with Crippen LogP contribution in [0.1, 0.15) is 41.1 Å². The maximum absolute atomic E-state index is 13.9. The number of amides is 1. The molecule has 0 aromatic heterocycles. The molecule has 1 unspecified atom stereocenters. The quantitative estimate of drug-likeness (QED) is 0.307. The largest absolute Gasteiger partial charge is 0.389 e. The van der Waals surface area contributed by atoms with Gasteiger partial charge in [0.05, 0.1) is 12.5 Å². The van der Waals surface area contributed by atoms with E-state index < -0.39 is 66.1 Å². The number of benzene rings is 3. The van der Waals surface area contributed by atoms with Gasteiger partial charge < -0.3 is 5.32 Å². The smallest absolute Gasteiger partial charge is 0.345 e. The summed E-state index contributed by atoms with van der Waals surface area (Å²) >= 11 is 0. The lowest BCUT2D eigenvalue weighted by Crippen LogP contribution is -2.31. The van der Waals surface area contributed by atoms with E-state index in [1.54, 1.807) is 0 Å². The molecule has 0 saturated carbocycles. The number of halogens is 9. The highest BCUT2D eigenvalue weighted by atomic mass is 19.4. The molecule has 0 bridgehead atoms. The molecule has 3 aromatic carbocycles. The lowest BCUT2D eigenvalue weighted by Gasteiger charge is -2.23. The van der Waals surface area contributed by atoms with E-state index in [1.165, 1.54) is 5.56 Å². The van der Waals surface area contributed by atoms with Crippen LogP contribution < -0.4 is 5.32 Å². The van der Waals surface area contributed by atoms with Gasteiger partial charge in [0.1, 0.15) is 11.6 Å². The van der Waals surface area contributed by atoms with E-state index >= 15 is 0 Å². The van der Waals surface area contributed by atoms with E-state index in [0.717, 1.165) is 24.3 Å². The van der Waals surface area contributed by atoms with Crippen LogP contribution in [0.25, 0.3) is 0 Å². The highest BCUT2D eigenvalue weighted by molar-refractivity contribution is 5.77. The Bertz CT molecular complexity index is 1150. The molecule has 1 N–H and O–H groups in total. The normalized spacial score (nSPS) is 12.5. The molecule has 1 atom stereocenters. The number of hydrogen-bond acceptors (Lipinski definition) is 1. The van der Waals surface area contributed by atoms with Crippen molar-refractivity contribution in [1.29, 1.82) is 0 Å². The van der Waals surface area contributed by atoms with Gasteiger partial charge in [0, 0.05) is 12.0 Å². The van der Waals surface area contributed by atoms with E-state index in [0.29, 0.717) is 12.1 Å². The molecule has 1 amide bonds. The van der Waals surface area contributed by atoms with Gasteiger partial charge in [-0.25, -0.2) is 17.6 Å². The predicted octanol–water partition coefficient (Wildman–Crippen LogP) is 7.86. The molecule has 0 fully saturated rings. The standard InChI is InChI=1S/C19H14F9NO.C7H8/c20-13-3-1-10(2-4-13)16(29-15(30)5-6-18(24,25)26)11-7-12(9-14(21)8-11)19(27,28)17(22)23;1-7-5-3-2-4-6-7/h1-4,7-9,16-17H,5-6H2,(H,29,30);2-6H,1H3. The fourth-order valence-electron chi connectivity index (χ4n) is 3.13. The van der Waals surface area contributed by atoms with Gasteiger partial charge in [-0.2, -0.15) is 22.0 Å². The summed E-state index contributed by atoms with van der Waals surface area (Å²) in [5.74, 6) is -7.93. The fraction of sp³-hybridized carbons (Fsp3) is 0.269. The second-order valence-corrected chi connectivity index (χ2v) is 8.02. The summed E-state index contributed by atoms with van der Waals surface area (Å²) in [7, 11) is 0. The average Bonchev–Trinajstić information content (AvgIpc) is 2.82. The minimum atomic E-state index is -4.72. The van der Waals surface area contributed by atoms with Gasteiger partial charge in [0.25, 0.3) is 0 Å². The Morgan fingerprint density at radius 1 is 0.811 bits per heavy atom. The van der Waals surface area contributed by atoms with E-state index in [4.69, 9.17) is 0 Å². The van der Waals surface area contributed by atoms with Crippen molar-refractivity contribution in [3.63, 3.8) is 0 Å². The van der Waals surface area contributed by atoms with Gasteiger partial charge in [-0.05, 0) is 48.4 Å². The third-order valence-electron chi connectivity index (χ3n) is 5.00. The Morgan fingerprint density at radius 2 is 1.41 bits per heavy atom. The first-order valence-electron chi connectivity index (χ1n) is 10.8. The van der Waals surface area contributed by atoms with Crippen LogP contribution in [0.4, 0.5) is 39.5 Å². The molecule has 2 nitrogen and oxygen atoms in total. The summed E-state index contributed by atoms with van der Waals surface area (Å²) in [6, 6.07) is 14.1. The van der Waals surface area contributed by atoms with Crippen molar-refractivity contribution < 1.29 is 44.3 Å². The molecule has 0 aliphatic rings. The monoisotopic (exact) mass is 535 g/mol. The van der Waals surface area contributed by atoms with Crippen LogP contribution in [0.15, 0.2) is 72.8 Å². The minimum Gasteiger partial charge on any atom is -0.345 e. The third kappa shape index (κ3) is 9.47. The molecule has 0 aliphatic heterocycles. The van der Waals surface area contributed by atoms with Crippen molar-refractivity contribution in [2.45, 2.75) is 44.3 Å². The van der Waals surface area contributed by atoms with E-state index in [2.05, 4.69) is 24.4 Å². The molecule has 0 aliphatic carbocycles. The molecule has 0 saturated heterocycles. The molecule has 3 rings (SSSR count). The van der Waals surface area contributed by atoms with Crippen LogP contribution >= 0.6 is 0 Å². The van der Waals surface area contributed by atoms with Crippen LogP contribution in [-0.2, 0) is 10.7 Å². The van der Waals surface area contributed by atoms with Crippen LogP contribution in [0, 0.1) is 18.6 Å². The Hall–Kier alpha value is -3.50. The van der Waals surface area contributed by atoms with E-state index in [9.17, 15) is 44.3 Å². The zero-order chi connectivity index (χ0) is 27.8. The van der Waals surface area contributed by atoms with E-state index in [1.807, 2.05) is 18.2 Å². The minimum absolute atomic E-state index is 0.00803. The van der Waals surface area contributed by atoms with Crippen LogP contribution in [0.5, 0.6) is 0 Å². The zero-order valence-corrected chi connectivity index (χ0v) is 19.3. The number of alkyl halides is 7. The molecule has 0 heterocycles. The van der Waals surface area contributed by atoms with Crippen molar-refractivity contribution in [3.05, 3.63) is 107 Å². The SMILES string of the molecule is Cc1ccccc1.O=C(CCC(F)(F)F)NC(c1ccc(F)cc1)c1cc(F)cc(C(F)(F)C(F)F)c1. The molecule has 200 valence electrons. The van der Waals surface area contributed by atoms with Crippen molar-refractivity contribution in [2.75, 3.05) is 0 Å². The van der Waals surface area contributed by atoms with Crippen LogP contribution in [0.3, 0.4) is 0 Å². The number of nitrogens with one attached hydrogen (secondary N) is 1. The van der Waals surface area contributed by atoms with Gasteiger partial charge in [-0.15, -0.1) is 0 Å². The number of aryl methyl sites for hydroxylation is 1. The zero-order valence-electron chi connectivity index (χ0n) is 19.3.